The first kappa shape index (κ1) is 9.04. The second-order valence-electron chi connectivity index (χ2n) is 4.16. The van der Waals surface area contributed by atoms with Crippen LogP contribution in [0.1, 0.15) is 20.3 Å². The van der Waals surface area contributed by atoms with E-state index >= 15 is 0 Å². The second kappa shape index (κ2) is 3.31. The van der Waals surface area contributed by atoms with E-state index < -0.39 is 7.12 Å². The van der Waals surface area contributed by atoms with Gasteiger partial charge >= 0.3 is 7.12 Å². The standard InChI is InChI=1S/C10H15BO2/c1-7(2)8-3-4-9-6-13-11(12)10(9)5-8/h4-5,7-8,12H,3,6H2,1-2H3. The van der Waals surface area contributed by atoms with Gasteiger partial charge in [0.25, 0.3) is 0 Å². The van der Waals surface area contributed by atoms with Crippen LogP contribution in [0, 0.1) is 11.8 Å². The van der Waals surface area contributed by atoms with Crippen LogP contribution in [0.15, 0.2) is 23.2 Å². The number of allylic oxidation sites excluding steroid dienone is 2. The van der Waals surface area contributed by atoms with Crippen LogP contribution in [0.3, 0.4) is 0 Å². The molecule has 2 aliphatic rings. The predicted octanol–water partition coefficient (Wildman–Crippen LogP) is 1.56. The molecule has 1 unspecified atom stereocenters. The van der Waals surface area contributed by atoms with Crippen molar-refractivity contribution in [2.24, 2.45) is 11.8 Å². The molecular weight excluding hydrogens is 163 g/mol. The van der Waals surface area contributed by atoms with Crippen LogP contribution >= 0.6 is 0 Å². The molecular formula is C10H15BO2. The van der Waals surface area contributed by atoms with E-state index in [0.29, 0.717) is 18.4 Å². The third-order valence-corrected chi connectivity index (χ3v) is 2.92. The summed E-state index contributed by atoms with van der Waals surface area (Å²) in [5.41, 5.74) is 2.19. The molecule has 0 aromatic rings. The molecule has 13 heavy (non-hydrogen) atoms. The fourth-order valence-corrected chi connectivity index (χ4v) is 1.91. The minimum atomic E-state index is -0.673. The molecule has 0 amide bonds. The van der Waals surface area contributed by atoms with Crippen LogP contribution in [0.25, 0.3) is 0 Å². The zero-order valence-electron chi connectivity index (χ0n) is 8.16. The van der Waals surface area contributed by atoms with Gasteiger partial charge in [0.15, 0.2) is 0 Å². The molecule has 1 heterocycles. The average molecular weight is 178 g/mol. The molecule has 0 bridgehead atoms. The fourth-order valence-electron chi connectivity index (χ4n) is 1.91. The summed E-state index contributed by atoms with van der Waals surface area (Å²) in [6, 6.07) is 0. The lowest BCUT2D eigenvalue weighted by Gasteiger charge is -2.20. The molecule has 0 aromatic carbocycles. The number of hydrogen-bond donors (Lipinski definition) is 1. The predicted molar refractivity (Wildman–Crippen MR) is 53.0 cm³/mol. The third kappa shape index (κ3) is 1.58. The highest BCUT2D eigenvalue weighted by Gasteiger charge is 2.33. The normalized spacial score (nSPS) is 27.4. The molecule has 0 aromatic heterocycles. The van der Waals surface area contributed by atoms with Crippen LogP contribution < -0.4 is 0 Å². The first-order valence-corrected chi connectivity index (χ1v) is 4.89. The van der Waals surface area contributed by atoms with Crippen molar-refractivity contribution in [1.29, 1.82) is 0 Å². The van der Waals surface area contributed by atoms with Gasteiger partial charge < -0.3 is 9.68 Å². The Morgan fingerprint density at radius 1 is 1.62 bits per heavy atom. The van der Waals surface area contributed by atoms with Gasteiger partial charge in [-0.1, -0.05) is 26.0 Å². The van der Waals surface area contributed by atoms with Crippen LogP contribution in [-0.4, -0.2) is 18.7 Å². The largest absolute Gasteiger partial charge is 0.491 e. The van der Waals surface area contributed by atoms with Gasteiger partial charge in [-0.2, -0.15) is 0 Å². The zero-order valence-corrected chi connectivity index (χ0v) is 8.16. The summed E-state index contributed by atoms with van der Waals surface area (Å²) in [5, 5.41) is 9.49. The van der Waals surface area contributed by atoms with Gasteiger partial charge in [-0.05, 0) is 29.3 Å². The zero-order chi connectivity index (χ0) is 9.42. The van der Waals surface area contributed by atoms with Gasteiger partial charge in [0.1, 0.15) is 0 Å². The minimum Gasteiger partial charge on any atom is -0.423 e. The number of rotatable bonds is 1. The van der Waals surface area contributed by atoms with Crippen molar-refractivity contribution in [3.63, 3.8) is 0 Å². The number of fused-ring (bicyclic) bond motifs is 1. The van der Waals surface area contributed by atoms with E-state index in [9.17, 15) is 5.02 Å². The Balaban J connectivity index is 2.21. The van der Waals surface area contributed by atoms with Crippen LogP contribution in [0.5, 0.6) is 0 Å². The lowest BCUT2D eigenvalue weighted by molar-refractivity contribution is 0.316. The maximum atomic E-state index is 9.49. The Kier molecular flexibility index (Phi) is 2.30. The highest BCUT2D eigenvalue weighted by Crippen LogP contribution is 2.32. The van der Waals surface area contributed by atoms with Gasteiger partial charge in [0.2, 0.25) is 0 Å². The maximum absolute atomic E-state index is 9.49. The Morgan fingerprint density at radius 2 is 2.38 bits per heavy atom. The molecule has 1 fully saturated rings. The molecule has 2 nitrogen and oxygen atoms in total. The van der Waals surface area contributed by atoms with Crippen LogP contribution in [-0.2, 0) is 4.65 Å². The molecule has 0 saturated carbocycles. The first-order valence-electron chi connectivity index (χ1n) is 4.89. The van der Waals surface area contributed by atoms with Crippen molar-refractivity contribution in [3.8, 4) is 0 Å². The molecule has 2 rings (SSSR count). The summed E-state index contributed by atoms with van der Waals surface area (Å²) in [5.74, 6) is 1.20. The maximum Gasteiger partial charge on any atom is 0.491 e. The second-order valence-corrected chi connectivity index (χ2v) is 4.16. The molecule has 1 saturated heterocycles. The topological polar surface area (TPSA) is 29.5 Å². The lowest BCUT2D eigenvalue weighted by Crippen LogP contribution is -2.17. The molecule has 0 radical (unpaired) electrons. The highest BCUT2D eigenvalue weighted by atomic mass is 16.5. The monoisotopic (exact) mass is 178 g/mol. The summed E-state index contributed by atoms with van der Waals surface area (Å²) in [6.07, 6.45) is 5.47. The molecule has 1 N–H and O–H groups in total. The smallest absolute Gasteiger partial charge is 0.423 e. The molecule has 70 valence electrons. The molecule has 1 atom stereocenters. The van der Waals surface area contributed by atoms with Crippen molar-refractivity contribution in [2.45, 2.75) is 20.3 Å². The van der Waals surface area contributed by atoms with Crippen LogP contribution in [0.4, 0.5) is 0 Å². The molecule has 0 spiro atoms. The molecule has 1 aliphatic heterocycles. The molecule has 3 heteroatoms. The summed E-state index contributed by atoms with van der Waals surface area (Å²) < 4.78 is 5.15. The Bertz CT molecular complexity index is 268. The van der Waals surface area contributed by atoms with Crippen molar-refractivity contribution >= 4 is 7.12 Å². The highest BCUT2D eigenvalue weighted by molar-refractivity contribution is 6.55. The molecule has 1 aliphatic carbocycles. The van der Waals surface area contributed by atoms with Gasteiger partial charge in [0, 0.05) is 0 Å². The van der Waals surface area contributed by atoms with E-state index in [1.807, 2.05) is 0 Å². The van der Waals surface area contributed by atoms with E-state index in [-0.39, 0.29) is 0 Å². The van der Waals surface area contributed by atoms with Gasteiger partial charge in [0.05, 0.1) is 6.61 Å². The summed E-state index contributed by atoms with van der Waals surface area (Å²) in [6.45, 7) is 5.00. The lowest BCUT2D eigenvalue weighted by atomic mass is 9.71. The quantitative estimate of drug-likeness (QED) is 0.617. The van der Waals surface area contributed by atoms with Crippen molar-refractivity contribution in [3.05, 3.63) is 23.2 Å². The van der Waals surface area contributed by atoms with Crippen LogP contribution in [0.2, 0.25) is 0 Å². The Labute approximate surface area is 79.4 Å². The first-order chi connectivity index (χ1) is 6.18. The van der Waals surface area contributed by atoms with E-state index in [1.54, 1.807) is 0 Å². The average Bonchev–Trinajstić information content (AvgIpc) is 2.47. The Hall–Kier alpha value is -0.535. The van der Waals surface area contributed by atoms with Gasteiger partial charge in [-0.3, -0.25) is 0 Å². The fraction of sp³-hybridized carbons (Fsp3) is 0.600. The van der Waals surface area contributed by atoms with E-state index in [0.717, 1.165) is 11.9 Å². The van der Waals surface area contributed by atoms with Crippen molar-refractivity contribution in [1.82, 2.24) is 0 Å². The minimum absolute atomic E-state index is 0.565. The SMILES string of the molecule is CC(C)C1C=C2B(O)OCC2=CC1. The third-order valence-electron chi connectivity index (χ3n) is 2.92. The summed E-state index contributed by atoms with van der Waals surface area (Å²) in [7, 11) is -0.673. The summed E-state index contributed by atoms with van der Waals surface area (Å²) >= 11 is 0. The van der Waals surface area contributed by atoms with Gasteiger partial charge in [-0.25, -0.2) is 0 Å². The van der Waals surface area contributed by atoms with E-state index in [1.165, 1.54) is 5.57 Å². The van der Waals surface area contributed by atoms with E-state index in [4.69, 9.17) is 4.65 Å². The van der Waals surface area contributed by atoms with Crippen molar-refractivity contribution < 1.29 is 9.68 Å². The number of hydrogen-bond acceptors (Lipinski definition) is 2. The summed E-state index contributed by atoms with van der Waals surface area (Å²) in [4.78, 5) is 0. The Morgan fingerprint density at radius 3 is 3.08 bits per heavy atom. The van der Waals surface area contributed by atoms with E-state index in [2.05, 4.69) is 26.0 Å². The van der Waals surface area contributed by atoms with Crippen molar-refractivity contribution in [2.75, 3.05) is 6.61 Å². The van der Waals surface area contributed by atoms with Gasteiger partial charge in [-0.15, -0.1) is 0 Å².